The van der Waals surface area contributed by atoms with Crippen molar-refractivity contribution in [3.05, 3.63) is 155 Å². The number of benzene rings is 6. The molecule has 5 aliphatic heterocycles. The summed E-state index contributed by atoms with van der Waals surface area (Å²) < 4.78 is 37.3. The Morgan fingerprint density at radius 2 is 1.37 bits per heavy atom. The number of unbranched alkanes of at least 4 members (excludes halogenated alkanes) is 2. The van der Waals surface area contributed by atoms with Crippen molar-refractivity contribution in [3.8, 4) is 51.3 Å². The Balaban J connectivity index is 0.556. The van der Waals surface area contributed by atoms with Crippen LogP contribution in [0.1, 0.15) is 150 Å². The number of anilines is 4. The summed E-state index contributed by atoms with van der Waals surface area (Å²) in [6, 6.07) is 33.2. The lowest BCUT2D eigenvalue weighted by atomic mass is 9.85. The van der Waals surface area contributed by atoms with Crippen molar-refractivity contribution in [1.82, 2.24) is 46.1 Å². The zero-order chi connectivity index (χ0) is 81.6. The van der Waals surface area contributed by atoms with Gasteiger partial charge in [-0.25, -0.2) is 14.4 Å². The van der Waals surface area contributed by atoms with E-state index in [0.29, 0.717) is 97.2 Å². The quantitative estimate of drug-likeness (QED) is 0.0206. The Bertz CT molecular complexity index is 4890. The maximum absolute atomic E-state index is 14.5. The van der Waals surface area contributed by atoms with Gasteiger partial charge >= 0.3 is 6.09 Å². The predicted molar refractivity (Wildman–Crippen MR) is 430 cm³/mol. The van der Waals surface area contributed by atoms with E-state index in [1.807, 2.05) is 89.7 Å². The van der Waals surface area contributed by atoms with Crippen molar-refractivity contribution >= 4 is 81.7 Å². The molecule has 606 valence electrons. The highest BCUT2D eigenvalue weighted by Crippen LogP contribution is 2.57. The zero-order valence-corrected chi connectivity index (χ0v) is 66.6. The number of fused-ring (bicyclic) bond motifs is 9. The van der Waals surface area contributed by atoms with Crippen LogP contribution in [0.5, 0.6) is 28.7 Å². The number of carbonyl (C=O) groups excluding carboxylic acids is 9. The summed E-state index contributed by atoms with van der Waals surface area (Å²) >= 11 is 0. The summed E-state index contributed by atoms with van der Waals surface area (Å²) in [4.78, 5) is 130. The second kappa shape index (κ2) is 34.8. The smallest absolute Gasteiger partial charge is 0.416 e. The summed E-state index contributed by atoms with van der Waals surface area (Å²) in [6.07, 6.45) is 4.82. The van der Waals surface area contributed by atoms with E-state index < -0.39 is 79.0 Å². The molecule has 0 radical (unpaired) electrons. The van der Waals surface area contributed by atoms with Crippen molar-refractivity contribution in [3.63, 3.8) is 0 Å². The number of para-hydroxylation sites is 1. The Morgan fingerprint density at radius 3 is 2.04 bits per heavy atom. The van der Waals surface area contributed by atoms with Crippen LogP contribution in [0.2, 0.25) is 0 Å². The lowest BCUT2D eigenvalue weighted by Gasteiger charge is -2.35. The van der Waals surface area contributed by atoms with Crippen LogP contribution in [0.3, 0.4) is 0 Å². The minimum absolute atomic E-state index is 0.0782. The maximum Gasteiger partial charge on any atom is 0.416 e. The standard InChI is InChI=1S/C86H101N13O16/c1-11-85(7,51(4)5)99-78-60-20-14-13-19-55(60)46-96(65-22-16-15-21-61(65)77(78)93-94-99)75(103)32-31-72(100)88-44-73(101)89-45-74(102)92-76(50(2)3)80(105)90-52(6)79(104)91-57-27-23-53(24-28-57)48-115-84(109)98-66-41-71(69(112-10)39-63(66)82(107)97-49-86(33-34-86)42-67(97)83(98)108)114-36-18-12-17-35-113-70-40-64-62(38-68(70)111-9)81(106)95-47-56(37-58(95)43-87-64)54-25-29-59(110-8)30-26-54/h13-16,19-30,38-41,47,50-52,58,67,76,83,87,108H,11-12,17-18,31-37,42-46,48-49H2,1-10H3,(H,88,100)(H,89,101)(H,90,105)(H,91,104)(H,92,102)/t52-,58-,67-,76-,83-,85?/m0/s1. The highest BCUT2D eigenvalue weighted by atomic mass is 16.6. The molecule has 6 atom stereocenters. The van der Waals surface area contributed by atoms with Gasteiger partial charge in [-0.1, -0.05) is 107 Å². The number of nitrogens with one attached hydrogen (secondary N) is 6. The van der Waals surface area contributed by atoms with Crippen LogP contribution >= 0.6 is 0 Å². The van der Waals surface area contributed by atoms with Gasteiger partial charge in [0.2, 0.25) is 35.4 Å². The highest BCUT2D eigenvalue weighted by molar-refractivity contribution is 6.07. The first-order chi connectivity index (χ1) is 55.3. The van der Waals surface area contributed by atoms with E-state index in [4.69, 9.17) is 38.7 Å². The molecule has 1 aromatic heterocycles. The van der Waals surface area contributed by atoms with Gasteiger partial charge in [-0.2, -0.15) is 0 Å². The number of hydrogen-bond acceptors (Lipinski definition) is 19. The van der Waals surface area contributed by atoms with Crippen molar-refractivity contribution in [2.45, 2.75) is 162 Å². The SMILES string of the molecule is CCC(C)(C(C)C)n1nnc2c1-c1ccccc1CN(C(=O)CCC(=O)NCC(=O)NCC(=O)N[C@H](C(=O)N[C@@H](C)C(=O)Nc1ccc(COC(=O)N3c4cc(OCCCCCOc5cc6c(cc5OC)C(=O)N5C=C(c7ccc(OC)cc7)C[C@H]5CN6)c(OC)cc4C(=O)N4CC5(CC5)C[C@H]4[C@@H]3O)cc1)C(C)C)c1ccccc1-2. The first-order valence-corrected chi connectivity index (χ1v) is 39.4. The third kappa shape index (κ3) is 17.4. The number of amides is 9. The molecule has 7 aromatic rings. The van der Waals surface area contributed by atoms with E-state index in [0.717, 1.165) is 63.4 Å². The number of aliphatic hydroxyl groups is 1. The molecule has 6 aromatic carbocycles. The van der Waals surface area contributed by atoms with Crippen molar-refractivity contribution in [1.29, 1.82) is 0 Å². The van der Waals surface area contributed by atoms with Crippen molar-refractivity contribution < 1.29 is 76.7 Å². The van der Waals surface area contributed by atoms with Gasteiger partial charge in [0.25, 0.3) is 11.8 Å². The summed E-state index contributed by atoms with van der Waals surface area (Å²) in [6.45, 7) is 14.0. The number of rotatable bonds is 30. The number of aliphatic hydroxyl groups excluding tert-OH is 1. The van der Waals surface area contributed by atoms with Gasteiger partial charge in [-0.15, -0.1) is 5.10 Å². The number of ether oxygens (including phenoxy) is 6. The summed E-state index contributed by atoms with van der Waals surface area (Å²) in [5.74, 6) is -2.05. The molecular weight excluding hydrogens is 1470 g/mol. The number of hydrogen-bond donors (Lipinski definition) is 7. The van der Waals surface area contributed by atoms with Crippen LogP contribution in [-0.2, 0) is 52.2 Å². The normalized spacial score (nSPS) is 17.8. The fourth-order valence-corrected chi connectivity index (χ4v) is 15.6. The van der Waals surface area contributed by atoms with Crippen LogP contribution < -0.4 is 65.4 Å². The molecule has 1 spiro atoms. The third-order valence-electron chi connectivity index (χ3n) is 23.1. The van der Waals surface area contributed by atoms with E-state index in [-0.39, 0.29) is 96.0 Å². The predicted octanol–water partition coefficient (Wildman–Crippen LogP) is 10.3. The maximum atomic E-state index is 14.5. The van der Waals surface area contributed by atoms with Crippen LogP contribution in [-0.4, -0.2) is 174 Å². The molecule has 29 heteroatoms. The van der Waals surface area contributed by atoms with Gasteiger partial charge < -0.3 is 80.1 Å². The van der Waals surface area contributed by atoms with Crippen LogP contribution in [0.15, 0.2) is 128 Å². The largest absolute Gasteiger partial charge is 0.497 e. The number of aromatic nitrogens is 3. The average molecular weight is 1570 g/mol. The van der Waals surface area contributed by atoms with Crippen LogP contribution in [0, 0.1) is 17.3 Å². The Labute approximate surface area is 668 Å². The molecule has 1 unspecified atom stereocenters. The van der Waals surface area contributed by atoms with E-state index in [9.17, 15) is 48.3 Å². The fourth-order valence-electron chi connectivity index (χ4n) is 15.6. The van der Waals surface area contributed by atoms with E-state index in [1.54, 1.807) is 66.0 Å². The van der Waals surface area contributed by atoms with Crippen LogP contribution in [0.4, 0.5) is 27.5 Å². The number of nitrogens with zero attached hydrogens (tertiary/aromatic N) is 7. The lowest BCUT2D eigenvalue weighted by Crippen LogP contribution is -2.55. The van der Waals surface area contributed by atoms with Crippen molar-refractivity contribution in [2.24, 2.45) is 17.3 Å². The molecule has 1 aliphatic carbocycles. The second-order valence-electron chi connectivity index (χ2n) is 31.2. The summed E-state index contributed by atoms with van der Waals surface area (Å²) in [5, 5.41) is 38.2. The van der Waals surface area contributed by atoms with Crippen molar-refractivity contribution in [2.75, 3.05) is 81.2 Å². The number of carbonyl (C=O) groups is 9. The average Bonchev–Trinajstić information content (AvgIpc) is 1.53. The van der Waals surface area contributed by atoms with Gasteiger partial charge in [-0.3, -0.25) is 38.4 Å². The first-order valence-electron chi connectivity index (χ1n) is 39.4. The van der Waals surface area contributed by atoms with Gasteiger partial charge in [-0.05, 0) is 147 Å². The molecule has 2 fully saturated rings. The molecule has 1 saturated heterocycles. The summed E-state index contributed by atoms with van der Waals surface area (Å²) in [5.41, 5.74) is 8.47. The fraction of sp³-hybridized carbons (Fsp3) is 0.430. The number of methoxy groups -OCH3 is 3. The molecule has 7 N–H and O–H groups in total. The van der Waals surface area contributed by atoms with E-state index in [1.165, 1.54) is 33.3 Å². The van der Waals surface area contributed by atoms with Gasteiger partial charge in [0.05, 0.1) is 106 Å². The second-order valence-corrected chi connectivity index (χ2v) is 31.2. The molecule has 0 bridgehead atoms. The Kier molecular flexibility index (Phi) is 24.5. The third-order valence-corrected chi connectivity index (χ3v) is 23.1. The zero-order valence-electron chi connectivity index (χ0n) is 66.6. The molecular formula is C86H101N13O16. The minimum atomic E-state index is -1.48. The first kappa shape index (κ1) is 81.0. The van der Waals surface area contributed by atoms with E-state index >= 15 is 0 Å². The molecule has 1 saturated carbocycles. The topological polar surface area (TPSA) is 345 Å². The van der Waals surface area contributed by atoms with Crippen LogP contribution in [0.25, 0.3) is 28.1 Å². The summed E-state index contributed by atoms with van der Waals surface area (Å²) in [7, 11) is 4.63. The van der Waals surface area contributed by atoms with E-state index in [2.05, 4.69) is 59.6 Å². The Morgan fingerprint density at radius 1 is 0.696 bits per heavy atom. The highest BCUT2D eigenvalue weighted by Gasteiger charge is 2.58. The van der Waals surface area contributed by atoms with Gasteiger partial charge in [0, 0.05) is 61.1 Å². The molecule has 6 aliphatic rings. The minimum Gasteiger partial charge on any atom is -0.497 e. The molecule has 13 rings (SSSR count). The lowest BCUT2D eigenvalue weighted by molar-refractivity contribution is -0.132. The monoisotopic (exact) mass is 1570 g/mol. The Hall–Kier alpha value is -12.0. The molecule has 6 heterocycles. The molecule has 29 nitrogen and oxygen atoms in total. The molecule has 115 heavy (non-hydrogen) atoms. The van der Waals surface area contributed by atoms with Gasteiger partial charge in [0.1, 0.15) is 30.1 Å². The van der Waals surface area contributed by atoms with Gasteiger partial charge in [0.15, 0.2) is 29.2 Å². The molecule has 9 amide bonds.